The Morgan fingerprint density at radius 2 is 2.11 bits per heavy atom. The fraction of sp³-hybridized carbons (Fsp3) is 0.545. The second-order valence-electron chi connectivity index (χ2n) is 4.21. The van der Waals surface area contributed by atoms with Crippen LogP contribution in [0.15, 0.2) is 17.2 Å². The molecule has 0 unspecified atom stereocenters. The van der Waals surface area contributed by atoms with Gasteiger partial charge in [0.2, 0.25) is 0 Å². The standard InChI is InChI=1S/C11H16N4O3/c16-9(17)1-4-14-5-7-15(8-6-14)10-11(18)13-3-2-12-10/h2-3H,1,4-8H2,(H,13,18)(H,16,17). The number of carboxylic acids is 1. The van der Waals surface area contributed by atoms with E-state index in [2.05, 4.69) is 14.9 Å². The first-order valence-corrected chi connectivity index (χ1v) is 5.89. The molecular formula is C11H16N4O3. The highest BCUT2D eigenvalue weighted by molar-refractivity contribution is 5.66. The average Bonchev–Trinajstić information content (AvgIpc) is 2.38. The van der Waals surface area contributed by atoms with Crippen LogP contribution in [0.25, 0.3) is 0 Å². The number of aliphatic carboxylic acids is 1. The van der Waals surface area contributed by atoms with E-state index in [1.807, 2.05) is 4.90 Å². The van der Waals surface area contributed by atoms with Crippen LogP contribution in [0, 0.1) is 0 Å². The van der Waals surface area contributed by atoms with Crippen molar-refractivity contribution >= 4 is 11.8 Å². The second-order valence-corrected chi connectivity index (χ2v) is 4.21. The van der Waals surface area contributed by atoms with Gasteiger partial charge in [0.05, 0.1) is 6.42 Å². The Labute approximate surface area is 104 Å². The summed E-state index contributed by atoms with van der Waals surface area (Å²) in [6.07, 6.45) is 3.23. The quantitative estimate of drug-likeness (QED) is 0.741. The summed E-state index contributed by atoms with van der Waals surface area (Å²) >= 11 is 0. The van der Waals surface area contributed by atoms with Crippen molar-refractivity contribution in [3.8, 4) is 0 Å². The summed E-state index contributed by atoms with van der Waals surface area (Å²) < 4.78 is 0. The summed E-state index contributed by atoms with van der Waals surface area (Å²) in [6.45, 7) is 3.45. The van der Waals surface area contributed by atoms with Gasteiger partial charge in [0, 0.05) is 45.1 Å². The molecule has 98 valence electrons. The fourth-order valence-electron chi connectivity index (χ4n) is 2.01. The smallest absolute Gasteiger partial charge is 0.304 e. The molecule has 0 aliphatic carbocycles. The molecule has 0 amide bonds. The molecule has 1 aliphatic rings. The summed E-state index contributed by atoms with van der Waals surface area (Å²) in [6, 6.07) is 0. The first-order valence-electron chi connectivity index (χ1n) is 5.89. The summed E-state index contributed by atoms with van der Waals surface area (Å²) in [7, 11) is 0. The number of H-pyrrole nitrogens is 1. The molecule has 2 N–H and O–H groups in total. The van der Waals surface area contributed by atoms with E-state index in [0.29, 0.717) is 25.5 Å². The highest BCUT2D eigenvalue weighted by Crippen LogP contribution is 2.08. The van der Waals surface area contributed by atoms with Gasteiger partial charge >= 0.3 is 5.97 Å². The third kappa shape index (κ3) is 3.07. The third-order valence-electron chi connectivity index (χ3n) is 3.00. The number of aromatic amines is 1. The van der Waals surface area contributed by atoms with Crippen molar-refractivity contribution in [3.05, 3.63) is 22.7 Å². The van der Waals surface area contributed by atoms with Crippen LogP contribution < -0.4 is 10.5 Å². The van der Waals surface area contributed by atoms with Gasteiger partial charge in [-0.3, -0.25) is 14.5 Å². The van der Waals surface area contributed by atoms with E-state index in [-0.39, 0.29) is 12.0 Å². The number of carboxylic acid groups (broad SMARTS) is 1. The van der Waals surface area contributed by atoms with Crippen LogP contribution in [0.4, 0.5) is 5.82 Å². The maximum Gasteiger partial charge on any atom is 0.304 e. The maximum atomic E-state index is 11.6. The monoisotopic (exact) mass is 252 g/mol. The molecule has 2 rings (SSSR count). The number of carbonyl (C=O) groups is 1. The molecule has 0 spiro atoms. The van der Waals surface area contributed by atoms with Gasteiger partial charge in [-0.15, -0.1) is 0 Å². The molecule has 18 heavy (non-hydrogen) atoms. The van der Waals surface area contributed by atoms with E-state index in [0.717, 1.165) is 13.1 Å². The van der Waals surface area contributed by atoms with Gasteiger partial charge in [0.1, 0.15) is 0 Å². The zero-order chi connectivity index (χ0) is 13.0. The Balaban J connectivity index is 1.89. The summed E-state index contributed by atoms with van der Waals surface area (Å²) in [4.78, 5) is 32.7. The number of nitrogens with one attached hydrogen (secondary N) is 1. The molecule has 7 heteroatoms. The topological polar surface area (TPSA) is 89.5 Å². The second kappa shape index (κ2) is 5.63. The maximum absolute atomic E-state index is 11.6. The number of hydrogen-bond acceptors (Lipinski definition) is 5. The minimum atomic E-state index is -0.779. The zero-order valence-corrected chi connectivity index (χ0v) is 10.0. The minimum Gasteiger partial charge on any atom is -0.481 e. The van der Waals surface area contributed by atoms with Crippen molar-refractivity contribution < 1.29 is 9.90 Å². The summed E-state index contributed by atoms with van der Waals surface area (Å²) in [5.41, 5.74) is -0.184. The SMILES string of the molecule is O=C(O)CCN1CCN(c2ncc[nH]c2=O)CC1. The van der Waals surface area contributed by atoms with Crippen LogP contribution in [0.1, 0.15) is 6.42 Å². The Hall–Kier alpha value is -1.89. The molecule has 0 saturated carbocycles. The lowest BCUT2D eigenvalue weighted by Crippen LogP contribution is -2.48. The molecule has 0 bridgehead atoms. The number of aromatic nitrogens is 2. The number of hydrogen-bond donors (Lipinski definition) is 2. The first kappa shape index (κ1) is 12.6. The van der Waals surface area contributed by atoms with Crippen molar-refractivity contribution in [2.75, 3.05) is 37.6 Å². The zero-order valence-electron chi connectivity index (χ0n) is 10.0. The van der Waals surface area contributed by atoms with Crippen molar-refractivity contribution in [2.24, 2.45) is 0 Å². The Morgan fingerprint density at radius 3 is 2.72 bits per heavy atom. The van der Waals surface area contributed by atoms with Crippen LogP contribution in [-0.4, -0.2) is 58.7 Å². The first-order chi connectivity index (χ1) is 8.66. The summed E-state index contributed by atoms with van der Waals surface area (Å²) in [5, 5.41) is 8.62. The van der Waals surface area contributed by atoms with Crippen LogP contribution in [0.3, 0.4) is 0 Å². The Bertz CT molecular complexity index is 465. The molecule has 0 aromatic carbocycles. The molecule has 1 aromatic rings. The molecule has 2 heterocycles. The third-order valence-corrected chi connectivity index (χ3v) is 3.00. The Morgan fingerprint density at radius 1 is 1.39 bits per heavy atom. The van der Waals surface area contributed by atoms with E-state index in [1.165, 1.54) is 6.20 Å². The molecule has 7 nitrogen and oxygen atoms in total. The highest BCUT2D eigenvalue weighted by Gasteiger charge is 2.19. The lowest BCUT2D eigenvalue weighted by atomic mass is 10.3. The molecule has 0 radical (unpaired) electrons. The minimum absolute atomic E-state index is 0.157. The van der Waals surface area contributed by atoms with Crippen molar-refractivity contribution in [1.29, 1.82) is 0 Å². The van der Waals surface area contributed by atoms with E-state index in [9.17, 15) is 9.59 Å². The molecular weight excluding hydrogens is 236 g/mol. The van der Waals surface area contributed by atoms with Crippen molar-refractivity contribution in [2.45, 2.75) is 6.42 Å². The van der Waals surface area contributed by atoms with Gasteiger partial charge in [0.25, 0.3) is 5.56 Å². The number of anilines is 1. The highest BCUT2D eigenvalue weighted by atomic mass is 16.4. The number of nitrogens with zero attached hydrogens (tertiary/aromatic N) is 3. The predicted molar refractivity (Wildman–Crippen MR) is 65.8 cm³/mol. The molecule has 1 saturated heterocycles. The number of rotatable bonds is 4. The Kier molecular flexibility index (Phi) is 3.93. The molecule has 1 aliphatic heterocycles. The van der Waals surface area contributed by atoms with Crippen LogP contribution in [-0.2, 0) is 4.79 Å². The van der Waals surface area contributed by atoms with Crippen LogP contribution in [0.5, 0.6) is 0 Å². The molecule has 1 fully saturated rings. The lowest BCUT2D eigenvalue weighted by molar-refractivity contribution is -0.137. The van der Waals surface area contributed by atoms with Gasteiger partial charge in [0.15, 0.2) is 5.82 Å². The predicted octanol–water partition coefficient (Wildman–Crippen LogP) is -0.633. The lowest BCUT2D eigenvalue weighted by Gasteiger charge is -2.34. The molecule has 0 atom stereocenters. The van der Waals surface area contributed by atoms with Gasteiger partial charge in [-0.2, -0.15) is 0 Å². The van der Waals surface area contributed by atoms with Crippen molar-refractivity contribution in [3.63, 3.8) is 0 Å². The van der Waals surface area contributed by atoms with E-state index < -0.39 is 5.97 Å². The van der Waals surface area contributed by atoms with E-state index >= 15 is 0 Å². The summed E-state index contributed by atoms with van der Waals surface area (Å²) in [5.74, 6) is -0.339. The van der Waals surface area contributed by atoms with Gasteiger partial charge in [-0.25, -0.2) is 4.98 Å². The van der Waals surface area contributed by atoms with Crippen LogP contribution in [0.2, 0.25) is 0 Å². The van der Waals surface area contributed by atoms with Crippen LogP contribution >= 0.6 is 0 Å². The largest absolute Gasteiger partial charge is 0.481 e. The van der Waals surface area contributed by atoms with Gasteiger partial charge < -0.3 is 15.0 Å². The molecule has 1 aromatic heterocycles. The number of piperazine rings is 1. The fourth-order valence-corrected chi connectivity index (χ4v) is 2.01. The normalized spacial score (nSPS) is 16.8. The van der Waals surface area contributed by atoms with Gasteiger partial charge in [-0.1, -0.05) is 0 Å². The van der Waals surface area contributed by atoms with Gasteiger partial charge in [-0.05, 0) is 0 Å². The van der Waals surface area contributed by atoms with Crippen molar-refractivity contribution in [1.82, 2.24) is 14.9 Å². The van der Waals surface area contributed by atoms with E-state index in [4.69, 9.17) is 5.11 Å². The van der Waals surface area contributed by atoms with E-state index in [1.54, 1.807) is 6.20 Å². The average molecular weight is 252 g/mol.